The number of H-pyrrole nitrogens is 1. The minimum Gasteiger partial charge on any atom is -0.383 e. The molecule has 10 nitrogen and oxygen atoms in total. The van der Waals surface area contributed by atoms with Gasteiger partial charge in [0.2, 0.25) is 5.91 Å². The molecule has 1 aliphatic carbocycles. The van der Waals surface area contributed by atoms with Gasteiger partial charge in [0.1, 0.15) is 27.8 Å². The molecule has 11 heteroatoms. The molecule has 0 unspecified atom stereocenters. The molecule has 4 N–H and O–H groups in total. The third kappa shape index (κ3) is 3.39. The number of fused-ring (bicyclic) bond motifs is 2. The van der Waals surface area contributed by atoms with Crippen molar-refractivity contribution in [1.29, 1.82) is 0 Å². The summed E-state index contributed by atoms with van der Waals surface area (Å²) >= 11 is 5.88. The standard InChI is InChI=1S/C24H23ClN8O2/c1-24(17-9-16(34)13(25)10-28-17)18-19(26)30-20(31-21(18)32-23(24)35)15-11-33-7-6-27-22(33)14(29-15)8-12-4-2-3-5-12/h6-7,9-12H,2-5,8H2,1H3,(H,28,34)(H3,26,30,31,32,35)/t24-/m0/s1. The molecular weight excluding hydrogens is 468 g/mol. The maximum absolute atomic E-state index is 13.1. The van der Waals surface area contributed by atoms with Crippen LogP contribution in [0.5, 0.6) is 0 Å². The molecule has 2 aliphatic rings. The first kappa shape index (κ1) is 21.7. The zero-order chi connectivity index (χ0) is 24.3. The first-order valence-electron chi connectivity index (χ1n) is 11.6. The second kappa shape index (κ2) is 7.88. The Bertz CT molecular complexity index is 1560. The van der Waals surface area contributed by atoms with Gasteiger partial charge in [-0.2, -0.15) is 0 Å². The summed E-state index contributed by atoms with van der Waals surface area (Å²) in [5, 5.41) is 2.84. The second-order valence-corrected chi connectivity index (χ2v) is 9.79. The predicted octanol–water partition coefficient (Wildman–Crippen LogP) is 3.10. The molecule has 1 aliphatic heterocycles. The molecule has 35 heavy (non-hydrogen) atoms. The number of nitrogens with one attached hydrogen (secondary N) is 2. The number of halogens is 1. The van der Waals surface area contributed by atoms with Crippen LogP contribution in [-0.4, -0.2) is 35.2 Å². The molecule has 0 bridgehead atoms. The number of carbonyl (C=O) groups is 1. The van der Waals surface area contributed by atoms with E-state index in [2.05, 4.69) is 25.3 Å². The van der Waals surface area contributed by atoms with Gasteiger partial charge in [-0.05, 0) is 19.3 Å². The van der Waals surface area contributed by atoms with Crippen LogP contribution < -0.4 is 16.5 Å². The quantitative estimate of drug-likeness (QED) is 0.398. The summed E-state index contributed by atoms with van der Waals surface area (Å²) in [6, 6.07) is 1.30. The summed E-state index contributed by atoms with van der Waals surface area (Å²) in [7, 11) is 0. The van der Waals surface area contributed by atoms with Crippen LogP contribution in [-0.2, 0) is 16.6 Å². The van der Waals surface area contributed by atoms with E-state index in [1.807, 2.05) is 16.8 Å². The van der Waals surface area contributed by atoms with E-state index in [-0.39, 0.29) is 16.7 Å². The zero-order valence-corrected chi connectivity index (χ0v) is 19.8. The summed E-state index contributed by atoms with van der Waals surface area (Å²) in [6.07, 6.45) is 12.5. The summed E-state index contributed by atoms with van der Waals surface area (Å²) < 4.78 is 1.92. The Morgan fingerprint density at radius 1 is 1.23 bits per heavy atom. The Morgan fingerprint density at radius 3 is 2.80 bits per heavy atom. The lowest BCUT2D eigenvalue weighted by atomic mass is 9.81. The van der Waals surface area contributed by atoms with Crippen LogP contribution in [0, 0.1) is 5.92 Å². The van der Waals surface area contributed by atoms with Crippen LogP contribution in [0.4, 0.5) is 11.6 Å². The molecule has 1 amide bonds. The van der Waals surface area contributed by atoms with Crippen molar-refractivity contribution >= 4 is 34.8 Å². The fraction of sp³-hybridized carbons (Fsp3) is 0.333. The number of aromatic amines is 1. The highest BCUT2D eigenvalue weighted by Gasteiger charge is 2.48. The number of nitrogen functional groups attached to an aromatic ring is 1. The zero-order valence-electron chi connectivity index (χ0n) is 19.0. The van der Waals surface area contributed by atoms with E-state index >= 15 is 0 Å². The summed E-state index contributed by atoms with van der Waals surface area (Å²) in [5.74, 6) is 0.945. The Morgan fingerprint density at radius 2 is 2.03 bits per heavy atom. The molecule has 1 fully saturated rings. The number of imidazole rings is 1. The predicted molar refractivity (Wildman–Crippen MR) is 131 cm³/mol. The van der Waals surface area contributed by atoms with Gasteiger partial charge in [0.15, 0.2) is 16.9 Å². The topological polar surface area (TPSA) is 144 Å². The number of pyridine rings is 1. The van der Waals surface area contributed by atoms with Gasteiger partial charge in [-0.1, -0.05) is 37.3 Å². The molecule has 178 valence electrons. The molecule has 0 saturated heterocycles. The van der Waals surface area contributed by atoms with Crippen molar-refractivity contribution in [3.05, 3.63) is 63.1 Å². The molecule has 1 saturated carbocycles. The molecule has 0 radical (unpaired) electrons. The van der Waals surface area contributed by atoms with Gasteiger partial charge in [-0.3, -0.25) is 9.59 Å². The third-order valence-electron chi connectivity index (χ3n) is 7.16. The van der Waals surface area contributed by atoms with E-state index in [1.54, 1.807) is 13.1 Å². The normalized spacial score (nSPS) is 19.9. The van der Waals surface area contributed by atoms with Crippen molar-refractivity contribution in [3.63, 3.8) is 0 Å². The van der Waals surface area contributed by atoms with Gasteiger partial charge in [0.25, 0.3) is 0 Å². The van der Waals surface area contributed by atoms with E-state index < -0.39 is 10.8 Å². The molecule has 6 rings (SSSR count). The first-order valence-corrected chi connectivity index (χ1v) is 11.9. The van der Waals surface area contributed by atoms with Crippen LogP contribution in [0.25, 0.3) is 17.2 Å². The third-order valence-corrected chi connectivity index (χ3v) is 7.45. The van der Waals surface area contributed by atoms with E-state index in [9.17, 15) is 9.59 Å². The summed E-state index contributed by atoms with van der Waals surface area (Å²) in [4.78, 5) is 46.7. The molecule has 0 aromatic carbocycles. The van der Waals surface area contributed by atoms with E-state index in [1.165, 1.54) is 37.9 Å². The van der Waals surface area contributed by atoms with Crippen LogP contribution >= 0.6 is 11.6 Å². The highest BCUT2D eigenvalue weighted by Crippen LogP contribution is 2.44. The average molecular weight is 491 g/mol. The van der Waals surface area contributed by atoms with Gasteiger partial charge in [-0.25, -0.2) is 19.9 Å². The highest BCUT2D eigenvalue weighted by molar-refractivity contribution is 6.30. The van der Waals surface area contributed by atoms with Crippen LogP contribution in [0.3, 0.4) is 0 Å². The lowest BCUT2D eigenvalue weighted by Gasteiger charge is -2.23. The monoisotopic (exact) mass is 490 g/mol. The highest BCUT2D eigenvalue weighted by atomic mass is 35.5. The number of amides is 1. The molecule has 0 spiro atoms. The molecule has 5 heterocycles. The lowest BCUT2D eigenvalue weighted by molar-refractivity contribution is -0.119. The Kier molecular flexibility index (Phi) is 4.89. The number of nitrogens with two attached hydrogens (primary N) is 1. The maximum atomic E-state index is 13.1. The van der Waals surface area contributed by atoms with Crippen LogP contribution in [0.2, 0.25) is 5.02 Å². The number of anilines is 2. The van der Waals surface area contributed by atoms with E-state index in [0.717, 1.165) is 17.8 Å². The van der Waals surface area contributed by atoms with Crippen molar-refractivity contribution in [2.75, 3.05) is 11.1 Å². The fourth-order valence-corrected chi connectivity index (χ4v) is 5.36. The number of aromatic nitrogens is 6. The Hall–Kier alpha value is -3.79. The van der Waals surface area contributed by atoms with Gasteiger partial charge in [0.05, 0.1) is 11.3 Å². The minimum absolute atomic E-state index is 0.0323. The van der Waals surface area contributed by atoms with Crippen molar-refractivity contribution in [1.82, 2.24) is 29.3 Å². The van der Waals surface area contributed by atoms with Gasteiger partial charge >= 0.3 is 0 Å². The van der Waals surface area contributed by atoms with Gasteiger partial charge < -0.3 is 20.4 Å². The van der Waals surface area contributed by atoms with Gasteiger partial charge in [0, 0.05) is 36.5 Å². The van der Waals surface area contributed by atoms with Crippen molar-refractivity contribution in [2.24, 2.45) is 5.92 Å². The van der Waals surface area contributed by atoms with Crippen molar-refractivity contribution in [2.45, 2.75) is 44.4 Å². The maximum Gasteiger partial charge on any atom is 0.242 e. The largest absolute Gasteiger partial charge is 0.383 e. The Balaban J connectivity index is 1.46. The molecule has 4 aromatic heterocycles. The average Bonchev–Trinajstić information content (AvgIpc) is 3.56. The van der Waals surface area contributed by atoms with Gasteiger partial charge in [-0.15, -0.1) is 0 Å². The molecular formula is C24H23ClN8O2. The SMILES string of the molecule is C[C@@]1(c2cc(=O)c(Cl)c[nH]2)C(=O)Nc2nc(-c3cn4ccnc4c(CC4CCCC4)n3)nc(N)c21. The van der Waals surface area contributed by atoms with Crippen LogP contribution in [0.15, 0.2) is 35.6 Å². The summed E-state index contributed by atoms with van der Waals surface area (Å²) in [5.41, 5.74) is 7.74. The summed E-state index contributed by atoms with van der Waals surface area (Å²) in [6.45, 7) is 1.67. The number of nitrogens with zero attached hydrogens (tertiary/aromatic N) is 5. The Labute approximate surface area is 205 Å². The number of rotatable bonds is 4. The van der Waals surface area contributed by atoms with Crippen LogP contribution in [0.1, 0.15) is 49.6 Å². The second-order valence-electron chi connectivity index (χ2n) is 9.38. The smallest absolute Gasteiger partial charge is 0.242 e. The first-order chi connectivity index (χ1) is 16.8. The van der Waals surface area contributed by atoms with E-state index in [4.69, 9.17) is 22.3 Å². The lowest BCUT2D eigenvalue weighted by Crippen LogP contribution is -2.34. The number of carbonyl (C=O) groups excluding carboxylic acids is 1. The van der Waals surface area contributed by atoms with Crippen molar-refractivity contribution in [3.8, 4) is 11.5 Å². The minimum atomic E-state index is -1.28. The van der Waals surface area contributed by atoms with Crippen molar-refractivity contribution < 1.29 is 4.79 Å². The molecule has 4 aromatic rings. The number of hydrogen-bond donors (Lipinski definition) is 3. The van der Waals surface area contributed by atoms with E-state index in [0.29, 0.717) is 34.5 Å². The molecule has 1 atom stereocenters. The fourth-order valence-electron chi connectivity index (χ4n) is 5.25. The number of hydrogen-bond acceptors (Lipinski definition) is 7.